The maximum absolute atomic E-state index is 13.8. The molecule has 0 fully saturated rings. The van der Waals surface area contributed by atoms with E-state index < -0.39 is 27.7 Å². The zero-order chi connectivity index (χ0) is 25.6. The molecule has 186 valence electrons. The van der Waals surface area contributed by atoms with E-state index in [4.69, 9.17) is 4.18 Å². The molecule has 6 nitrogen and oxygen atoms in total. The van der Waals surface area contributed by atoms with Crippen molar-refractivity contribution in [2.45, 2.75) is 26.9 Å². The average molecular weight is 503 g/mol. The molecule has 0 saturated carbocycles. The molecular formula is C26H28F2N2O4S. The number of carbonyl (C=O) groups excluding carboxylic acids is 1. The van der Waals surface area contributed by atoms with E-state index in [1.165, 1.54) is 35.2 Å². The van der Waals surface area contributed by atoms with Crippen LogP contribution in [0.1, 0.15) is 35.3 Å². The van der Waals surface area contributed by atoms with Crippen molar-refractivity contribution in [3.63, 3.8) is 0 Å². The molecule has 0 aliphatic heterocycles. The second-order valence-corrected chi connectivity index (χ2v) is 9.62. The van der Waals surface area contributed by atoms with Crippen LogP contribution in [0.2, 0.25) is 0 Å². The number of hydrogen-bond acceptors (Lipinski definition) is 5. The molecule has 35 heavy (non-hydrogen) atoms. The van der Waals surface area contributed by atoms with Crippen molar-refractivity contribution in [3.05, 3.63) is 95.1 Å². The van der Waals surface area contributed by atoms with E-state index in [2.05, 4.69) is 0 Å². The van der Waals surface area contributed by atoms with Gasteiger partial charge in [0, 0.05) is 42.5 Å². The minimum absolute atomic E-state index is 0.0178. The maximum atomic E-state index is 13.8. The van der Waals surface area contributed by atoms with Crippen LogP contribution in [0, 0.1) is 11.6 Å². The third-order valence-corrected chi connectivity index (χ3v) is 5.91. The Balaban J connectivity index is 2.02. The minimum Gasteiger partial charge on any atom is -0.382 e. The maximum Gasteiger partial charge on any atom is 0.306 e. The first-order chi connectivity index (χ1) is 16.6. The van der Waals surface area contributed by atoms with Gasteiger partial charge in [-0.2, -0.15) is 8.42 Å². The van der Waals surface area contributed by atoms with Crippen LogP contribution >= 0.6 is 0 Å². The molecule has 0 N–H and O–H groups in total. The smallest absolute Gasteiger partial charge is 0.306 e. The second kappa shape index (κ2) is 11.3. The first-order valence-corrected chi connectivity index (χ1v) is 13.0. The van der Waals surface area contributed by atoms with Crippen molar-refractivity contribution in [1.29, 1.82) is 0 Å². The Bertz CT molecular complexity index is 1280. The number of amides is 1. The molecule has 9 heteroatoms. The zero-order valence-electron chi connectivity index (χ0n) is 19.9. The van der Waals surface area contributed by atoms with Crippen LogP contribution in [0.3, 0.4) is 0 Å². The highest BCUT2D eigenvalue weighted by Crippen LogP contribution is 2.29. The quantitative estimate of drug-likeness (QED) is 0.366. The Morgan fingerprint density at radius 2 is 1.57 bits per heavy atom. The van der Waals surface area contributed by atoms with Gasteiger partial charge in [-0.1, -0.05) is 24.3 Å². The topological polar surface area (TPSA) is 66.9 Å². The van der Waals surface area contributed by atoms with Crippen LogP contribution in [0.15, 0.2) is 66.7 Å². The van der Waals surface area contributed by atoms with Crippen LogP contribution in [-0.2, 0) is 23.2 Å². The number of rotatable bonds is 10. The summed E-state index contributed by atoms with van der Waals surface area (Å²) in [5.41, 5.74) is 2.02. The van der Waals surface area contributed by atoms with Gasteiger partial charge in [-0.15, -0.1) is 0 Å². The Hall–Kier alpha value is -3.46. The molecule has 0 aliphatic carbocycles. The van der Waals surface area contributed by atoms with E-state index in [-0.39, 0.29) is 24.4 Å². The first kappa shape index (κ1) is 26.2. The summed E-state index contributed by atoms with van der Waals surface area (Å²) in [7, 11) is -3.85. The van der Waals surface area contributed by atoms with Gasteiger partial charge in [0.15, 0.2) is 0 Å². The molecule has 3 aromatic carbocycles. The molecule has 0 heterocycles. The Labute approximate surface area is 204 Å². The van der Waals surface area contributed by atoms with Gasteiger partial charge in [0.2, 0.25) is 0 Å². The molecule has 0 atom stereocenters. The van der Waals surface area contributed by atoms with Crippen molar-refractivity contribution < 1.29 is 26.2 Å². The van der Waals surface area contributed by atoms with E-state index in [1.807, 2.05) is 24.8 Å². The van der Waals surface area contributed by atoms with Crippen molar-refractivity contribution >= 4 is 21.7 Å². The highest BCUT2D eigenvalue weighted by molar-refractivity contribution is 7.86. The fraction of sp³-hybridized carbons (Fsp3) is 0.269. The second-order valence-electron chi connectivity index (χ2n) is 8.05. The number of carbonyl (C=O) groups is 1. The summed E-state index contributed by atoms with van der Waals surface area (Å²) < 4.78 is 56.5. The van der Waals surface area contributed by atoms with Gasteiger partial charge in [-0.3, -0.25) is 4.79 Å². The standard InChI is InChI=1S/C26H28F2N2O4S/c1-4-29(5-2)24-14-11-21(25(16-24)34-35(3,32)33)18-30(17-19-9-12-22(27)13-10-19)26(31)20-7-6-8-23(28)15-20/h6-16H,4-5,17-18H2,1-3H3. The number of nitrogens with zero attached hydrogens (tertiary/aromatic N) is 2. The lowest BCUT2D eigenvalue weighted by Crippen LogP contribution is -2.30. The number of hydrogen-bond donors (Lipinski definition) is 0. The molecule has 0 radical (unpaired) electrons. The molecule has 3 aromatic rings. The first-order valence-electron chi connectivity index (χ1n) is 11.2. The minimum atomic E-state index is -3.85. The summed E-state index contributed by atoms with van der Waals surface area (Å²) in [5.74, 6) is -1.32. The van der Waals surface area contributed by atoms with E-state index in [1.54, 1.807) is 24.3 Å². The van der Waals surface area contributed by atoms with E-state index in [9.17, 15) is 22.0 Å². The Morgan fingerprint density at radius 1 is 0.886 bits per heavy atom. The van der Waals surface area contributed by atoms with Gasteiger partial charge in [0.1, 0.15) is 17.4 Å². The molecule has 1 amide bonds. The highest BCUT2D eigenvalue weighted by Gasteiger charge is 2.21. The monoisotopic (exact) mass is 502 g/mol. The van der Waals surface area contributed by atoms with Crippen molar-refractivity contribution in [3.8, 4) is 5.75 Å². The molecule has 0 bridgehead atoms. The fourth-order valence-electron chi connectivity index (χ4n) is 3.72. The largest absolute Gasteiger partial charge is 0.382 e. The van der Waals surface area contributed by atoms with Gasteiger partial charge < -0.3 is 14.0 Å². The third-order valence-electron chi connectivity index (χ3n) is 5.43. The third kappa shape index (κ3) is 7.26. The number of halogens is 2. The van der Waals surface area contributed by atoms with Crippen LogP contribution in [-0.4, -0.2) is 38.6 Å². The highest BCUT2D eigenvalue weighted by atomic mass is 32.2. The van der Waals surface area contributed by atoms with Crippen LogP contribution in [0.4, 0.5) is 14.5 Å². The predicted molar refractivity (Wildman–Crippen MR) is 132 cm³/mol. The van der Waals surface area contributed by atoms with Gasteiger partial charge in [-0.05, 0) is 55.8 Å². The van der Waals surface area contributed by atoms with Crippen LogP contribution in [0.25, 0.3) is 0 Å². The molecule has 0 saturated heterocycles. The lowest BCUT2D eigenvalue weighted by Gasteiger charge is -2.26. The molecule has 3 rings (SSSR count). The van der Waals surface area contributed by atoms with Gasteiger partial charge >= 0.3 is 10.1 Å². The van der Waals surface area contributed by atoms with E-state index in [0.717, 1.165) is 18.0 Å². The summed E-state index contributed by atoms with van der Waals surface area (Å²) >= 11 is 0. The molecule has 0 aromatic heterocycles. The van der Waals surface area contributed by atoms with Gasteiger partial charge in [-0.25, -0.2) is 8.78 Å². The van der Waals surface area contributed by atoms with Gasteiger partial charge in [0.05, 0.1) is 12.8 Å². The normalized spacial score (nSPS) is 11.2. The molecule has 0 aliphatic rings. The summed E-state index contributed by atoms with van der Waals surface area (Å²) in [6.07, 6.45) is 0.953. The SMILES string of the molecule is CCN(CC)c1ccc(CN(Cc2ccc(F)cc2)C(=O)c2cccc(F)c2)c(OS(C)(=O)=O)c1. The van der Waals surface area contributed by atoms with Crippen LogP contribution in [0.5, 0.6) is 5.75 Å². The fourth-order valence-corrected chi connectivity index (χ4v) is 4.20. The summed E-state index contributed by atoms with van der Waals surface area (Å²) in [4.78, 5) is 16.8. The van der Waals surface area contributed by atoms with Crippen molar-refractivity contribution in [2.24, 2.45) is 0 Å². The molecular weight excluding hydrogens is 474 g/mol. The Morgan fingerprint density at radius 3 is 2.17 bits per heavy atom. The number of benzene rings is 3. The van der Waals surface area contributed by atoms with Crippen molar-refractivity contribution in [1.82, 2.24) is 4.90 Å². The van der Waals surface area contributed by atoms with Crippen LogP contribution < -0.4 is 9.08 Å². The van der Waals surface area contributed by atoms with Crippen molar-refractivity contribution in [2.75, 3.05) is 24.2 Å². The Kier molecular flexibility index (Phi) is 8.45. The predicted octanol–water partition coefficient (Wildman–Crippen LogP) is 4.99. The van der Waals surface area contributed by atoms with E-state index >= 15 is 0 Å². The summed E-state index contributed by atoms with van der Waals surface area (Å²) in [5, 5.41) is 0. The lowest BCUT2D eigenvalue weighted by atomic mass is 10.1. The summed E-state index contributed by atoms with van der Waals surface area (Å²) in [6, 6.07) is 16.2. The zero-order valence-corrected chi connectivity index (χ0v) is 20.7. The molecule has 0 spiro atoms. The summed E-state index contributed by atoms with van der Waals surface area (Å²) in [6.45, 7) is 5.46. The average Bonchev–Trinajstić information content (AvgIpc) is 2.81. The van der Waals surface area contributed by atoms with E-state index in [0.29, 0.717) is 24.2 Å². The molecule has 0 unspecified atom stereocenters. The lowest BCUT2D eigenvalue weighted by molar-refractivity contribution is 0.0729. The number of anilines is 1. The van der Waals surface area contributed by atoms with Gasteiger partial charge in [0.25, 0.3) is 5.91 Å².